The predicted molar refractivity (Wildman–Crippen MR) is 21.2 cm³/mol. The summed E-state index contributed by atoms with van der Waals surface area (Å²) in [6, 6.07) is 0. The first kappa shape index (κ1) is 9.98. The van der Waals surface area contributed by atoms with E-state index in [0.717, 1.165) is 0 Å². The Bertz CT molecular complexity index is 65.6. The summed E-state index contributed by atoms with van der Waals surface area (Å²) in [5.41, 5.74) is 0. The van der Waals surface area contributed by atoms with Crippen LogP contribution in [0.3, 0.4) is 0 Å². The van der Waals surface area contributed by atoms with Crippen molar-refractivity contribution in [2.75, 3.05) is 0 Å². The van der Waals surface area contributed by atoms with Crippen LogP contribution >= 0.6 is 0 Å². The molecule has 4 nitrogen and oxygen atoms in total. The zero-order chi connectivity index (χ0) is 4.28. The van der Waals surface area contributed by atoms with E-state index in [1.807, 2.05) is 0 Å². The molecule has 0 aliphatic heterocycles. The Kier molecular flexibility index (Phi) is 9.76. The molecule has 0 fully saturated rings. The van der Waals surface area contributed by atoms with Gasteiger partial charge in [0.05, 0.1) is 0 Å². The molecule has 34 valence electrons. The fourth-order valence-electron chi connectivity index (χ4n) is 0. The molecule has 0 aromatic carbocycles. The van der Waals surface area contributed by atoms with E-state index in [1.165, 1.54) is 0 Å². The van der Waals surface area contributed by atoms with Crippen molar-refractivity contribution in [1.82, 2.24) is 0 Å². The fourth-order valence-corrected chi connectivity index (χ4v) is 0. The van der Waals surface area contributed by atoms with Crippen molar-refractivity contribution in [2.24, 2.45) is 0 Å². The summed E-state index contributed by atoms with van der Waals surface area (Å²) in [6.07, 6.45) is 0. The van der Waals surface area contributed by atoms with Gasteiger partial charge in [-0.05, 0) is 0 Å². The molecule has 6 heavy (non-hydrogen) atoms. The first-order valence-corrected chi connectivity index (χ1v) is 1.83. The van der Waals surface area contributed by atoms with E-state index in [4.69, 9.17) is 13.7 Å². The summed E-state index contributed by atoms with van der Waals surface area (Å²) >= 11 is 0. The van der Waals surface area contributed by atoms with Gasteiger partial charge in [-0.3, -0.25) is 0 Å². The standard InChI is InChI=1S/Na.H2O4S.H/c;1-4-5(2)3;/h;1,5H;. The van der Waals surface area contributed by atoms with Gasteiger partial charge in [0.2, 0.25) is 0 Å². The second-order valence-electron chi connectivity index (χ2n) is 0.305. The van der Waals surface area contributed by atoms with Crippen molar-refractivity contribution in [3.8, 4) is 0 Å². The van der Waals surface area contributed by atoms with Crippen molar-refractivity contribution < 1.29 is 18.0 Å². The van der Waals surface area contributed by atoms with Crippen LogP contribution in [0.4, 0.5) is 0 Å². The molecule has 0 amide bonds. The van der Waals surface area contributed by atoms with Crippen LogP contribution in [0.15, 0.2) is 0 Å². The van der Waals surface area contributed by atoms with E-state index in [2.05, 4.69) is 4.33 Å². The summed E-state index contributed by atoms with van der Waals surface area (Å²) in [4.78, 5) is 0. The third-order valence-corrected chi connectivity index (χ3v) is 0.200. The Balaban J connectivity index is 0. The van der Waals surface area contributed by atoms with Gasteiger partial charge in [0.25, 0.3) is 11.0 Å². The van der Waals surface area contributed by atoms with Crippen molar-refractivity contribution in [3.63, 3.8) is 0 Å². The number of thiol groups is 1. The third-order valence-electron chi connectivity index (χ3n) is 0.0667. The van der Waals surface area contributed by atoms with Gasteiger partial charge in [0.15, 0.2) is 0 Å². The van der Waals surface area contributed by atoms with Crippen LogP contribution in [0, 0.1) is 0 Å². The summed E-state index contributed by atoms with van der Waals surface area (Å²) in [7, 11) is -3.04. The molecule has 6 heteroatoms. The van der Waals surface area contributed by atoms with Gasteiger partial charge >= 0.3 is 29.6 Å². The minimum absolute atomic E-state index is 0. The molecule has 0 aliphatic carbocycles. The van der Waals surface area contributed by atoms with Crippen LogP contribution in [0.25, 0.3) is 0 Å². The molecule has 0 unspecified atom stereocenters. The Morgan fingerprint density at radius 1 is 1.50 bits per heavy atom. The van der Waals surface area contributed by atoms with Gasteiger partial charge in [-0.15, -0.1) is 4.33 Å². The van der Waals surface area contributed by atoms with Gasteiger partial charge in [-0.2, -0.15) is 0 Å². The van der Waals surface area contributed by atoms with E-state index < -0.39 is 11.0 Å². The maximum atomic E-state index is 8.93. The van der Waals surface area contributed by atoms with E-state index >= 15 is 0 Å². The third kappa shape index (κ3) is 8.85. The topological polar surface area (TPSA) is 63.6 Å². The van der Waals surface area contributed by atoms with Crippen molar-refractivity contribution in [2.45, 2.75) is 0 Å². The Labute approximate surface area is 58.5 Å². The van der Waals surface area contributed by atoms with Gasteiger partial charge < -0.3 is 0 Å². The number of hydrogen-bond donors (Lipinski definition) is 2. The Hall–Kier alpha value is 0.870. The van der Waals surface area contributed by atoms with Crippen LogP contribution in [-0.2, 0) is 15.3 Å². The van der Waals surface area contributed by atoms with E-state index in [0.29, 0.717) is 0 Å². The van der Waals surface area contributed by atoms with Crippen LogP contribution < -0.4 is 0 Å². The van der Waals surface area contributed by atoms with E-state index in [-0.39, 0.29) is 29.6 Å². The molecular formula is H3NaO4S. The van der Waals surface area contributed by atoms with Crippen LogP contribution in [0.1, 0.15) is 0 Å². The molecule has 1 N–H and O–H groups in total. The van der Waals surface area contributed by atoms with Crippen LogP contribution in [-0.4, -0.2) is 43.2 Å². The number of rotatable bonds is 1. The van der Waals surface area contributed by atoms with E-state index in [9.17, 15) is 0 Å². The molecule has 0 radical (unpaired) electrons. The molecule has 0 spiro atoms. The molecule has 0 saturated heterocycles. The van der Waals surface area contributed by atoms with Gasteiger partial charge in [0.1, 0.15) is 0 Å². The zero-order valence-corrected chi connectivity index (χ0v) is 3.01. The summed E-state index contributed by atoms with van der Waals surface area (Å²) in [6.45, 7) is 0. The summed E-state index contributed by atoms with van der Waals surface area (Å²) in [5, 5.41) is 7.05. The van der Waals surface area contributed by atoms with E-state index in [1.54, 1.807) is 0 Å². The van der Waals surface area contributed by atoms with Crippen LogP contribution in [0.5, 0.6) is 0 Å². The average molecular weight is 122 g/mol. The first-order chi connectivity index (χ1) is 2.27. The number of hydrogen-bond acceptors (Lipinski definition) is 4. The Morgan fingerprint density at radius 2 is 1.67 bits per heavy atom. The van der Waals surface area contributed by atoms with Gasteiger partial charge in [-0.1, -0.05) is 0 Å². The second kappa shape index (κ2) is 5.87. The molecule has 0 heterocycles. The molecule has 0 aliphatic rings. The van der Waals surface area contributed by atoms with Crippen molar-refractivity contribution in [3.05, 3.63) is 0 Å². The molecule has 0 rings (SSSR count). The molecule has 0 saturated carbocycles. The molecular weight excluding hydrogens is 119 g/mol. The Morgan fingerprint density at radius 3 is 1.67 bits per heavy atom. The van der Waals surface area contributed by atoms with Crippen molar-refractivity contribution in [1.29, 1.82) is 0 Å². The second-order valence-corrected chi connectivity index (χ2v) is 0.916. The molecule has 0 bridgehead atoms. The summed E-state index contributed by atoms with van der Waals surface area (Å²) in [5.74, 6) is 0. The molecule has 0 aromatic heterocycles. The summed E-state index contributed by atoms with van der Waals surface area (Å²) < 4.78 is 20.6. The minimum atomic E-state index is -3.04. The normalized spacial score (nSPS) is 7.67. The predicted octanol–water partition coefficient (Wildman–Crippen LogP) is -1.65. The maximum absolute atomic E-state index is 8.93. The zero-order valence-electron chi connectivity index (χ0n) is 2.12. The van der Waals surface area contributed by atoms with Gasteiger partial charge in [0, 0.05) is 0 Å². The first-order valence-electron chi connectivity index (χ1n) is 0.730. The molecule has 0 aromatic rings. The SMILES string of the molecule is O=[SH](=O)OO.[NaH]. The van der Waals surface area contributed by atoms with Crippen LogP contribution in [0.2, 0.25) is 0 Å². The monoisotopic (exact) mass is 122 g/mol. The quantitative estimate of drug-likeness (QED) is 0.189. The fraction of sp³-hybridized carbons (Fsp3) is 0. The molecule has 0 atom stereocenters. The van der Waals surface area contributed by atoms with Crippen molar-refractivity contribution >= 4 is 40.5 Å². The van der Waals surface area contributed by atoms with Gasteiger partial charge in [-0.25, -0.2) is 13.7 Å². The average Bonchev–Trinajstić information content (AvgIpc) is 1.38.